The van der Waals surface area contributed by atoms with E-state index in [2.05, 4.69) is 128 Å². The van der Waals surface area contributed by atoms with Crippen molar-refractivity contribution in [1.29, 1.82) is 10.5 Å². The van der Waals surface area contributed by atoms with Crippen LogP contribution in [0.4, 0.5) is 30.6 Å². The zero-order valence-corrected chi connectivity index (χ0v) is 69.7. The maximum Gasteiger partial charge on any atom is 0.387 e. The van der Waals surface area contributed by atoms with Crippen LogP contribution in [0.3, 0.4) is 0 Å². The average Bonchev–Trinajstić information content (AvgIpc) is 1.42. The minimum atomic E-state index is -3.07. The summed E-state index contributed by atoms with van der Waals surface area (Å²) in [6.45, 7) is 16.4. The van der Waals surface area contributed by atoms with Gasteiger partial charge in [-0.05, 0) is 177 Å². The highest BCUT2D eigenvalue weighted by Crippen LogP contribution is 2.45. The SMILES string of the molecule is COc1cccc(-c2nc(C3(C)CCN(c4ncnc5c4C=C(c4ccc(C#N)nc4)C5)CC3)[nH]c2C)c1.Cc1[nH]c(C2(C)CCN(c3ncnc4c3C=C(c3ccc(C#N)nc3)C4)CC2)nc1-c1cccc(OC(F)F)c1.Cc1[nH]c(C2(C)CCN(c3ncnc4c3C=C(c3ccc(CS(C)(=O)=O)cc3)C4)CC2)nc1-c1ccc(OC(C)F)cc1. The number of aryl methyl sites for hydroxylation is 3. The van der Waals surface area contributed by atoms with Gasteiger partial charge in [0.15, 0.2) is 9.84 Å². The maximum absolute atomic E-state index is 13.2. The lowest BCUT2D eigenvalue weighted by molar-refractivity contribution is -0.0498. The van der Waals surface area contributed by atoms with E-state index in [0.29, 0.717) is 23.6 Å². The fourth-order valence-electron chi connectivity index (χ4n) is 17.0. The van der Waals surface area contributed by atoms with E-state index in [0.717, 1.165) is 255 Å². The smallest absolute Gasteiger partial charge is 0.387 e. The van der Waals surface area contributed by atoms with Crippen molar-refractivity contribution in [3.8, 4) is 63.2 Å². The molecule has 1 unspecified atom stereocenters. The lowest BCUT2D eigenvalue weighted by atomic mass is 9.79. The number of aromatic amines is 3. The van der Waals surface area contributed by atoms with Crippen molar-refractivity contribution in [2.75, 3.05) is 67.3 Å². The number of rotatable bonds is 19. The van der Waals surface area contributed by atoms with Gasteiger partial charge in [0.1, 0.15) is 94.7 Å². The second-order valence-electron chi connectivity index (χ2n) is 32.7. The van der Waals surface area contributed by atoms with E-state index in [1.54, 1.807) is 74.9 Å². The molecule has 3 N–H and O–H groups in total. The zero-order valence-electron chi connectivity index (χ0n) is 68.9. The van der Waals surface area contributed by atoms with Crippen LogP contribution in [-0.4, -0.2) is 144 Å². The van der Waals surface area contributed by atoms with Gasteiger partial charge < -0.3 is 43.9 Å². The van der Waals surface area contributed by atoms with Crippen molar-refractivity contribution in [3.05, 3.63) is 255 Å². The topological polar surface area (TPSA) is 308 Å². The first kappa shape index (κ1) is 81.5. The van der Waals surface area contributed by atoms with Gasteiger partial charge in [0.2, 0.25) is 6.36 Å². The van der Waals surface area contributed by atoms with Crippen LogP contribution >= 0.6 is 0 Å². The summed E-state index contributed by atoms with van der Waals surface area (Å²) >= 11 is 0. The van der Waals surface area contributed by atoms with Gasteiger partial charge in [-0.25, -0.2) is 67.6 Å². The number of benzene rings is 4. The molecule has 8 aromatic heterocycles. The number of H-pyrrole nitrogens is 3. The van der Waals surface area contributed by atoms with Crippen molar-refractivity contribution >= 4 is 62.2 Å². The quantitative estimate of drug-likeness (QED) is 0.0677. The molecule has 3 aliphatic carbocycles. The molecule has 0 radical (unpaired) electrons. The Bertz CT molecular complexity index is 6160. The number of nitriles is 2. The molecule has 0 amide bonds. The van der Waals surface area contributed by atoms with Crippen LogP contribution in [0.15, 0.2) is 153 Å². The summed E-state index contributed by atoms with van der Waals surface area (Å²) in [4.78, 5) is 68.9. The third-order valence-electron chi connectivity index (χ3n) is 24.1. The summed E-state index contributed by atoms with van der Waals surface area (Å²) in [6.07, 6.45) is 22.5. The Hall–Kier alpha value is -13.2. The van der Waals surface area contributed by atoms with Crippen LogP contribution in [0.25, 0.3) is 68.7 Å². The van der Waals surface area contributed by atoms with Crippen molar-refractivity contribution in [2.45, 2.75) is 141 Å². The summed E-state index contributed by atoms with van der Waals surface area (Å²) in [7, 11) is -1.39. The molecule has 121 heavy (non-hydrogen) atoms. The molecule has 1 atom stereocenters. The minimum Gasteiger partial charge on any atom is -0.497 e. The first-order chi connectivity index (χ1) is 58.3. The van der Waals surface area contributed by atoms with Gasteiger partial charge in [0, 0.05) is 151 Å². The van der Waals surface area contributed by atoms with Crippen molar-refractivity contribution in [2.24, 2.45) is 0 Å². The number of aromatic nitrogens is 14. The second kappa shape index (κ2) is 33.9. The van der Waals surface area contributed by atoms with Crippen molar-refractivity contribution in [1.82, 2.24) is 69.8 Å². The first-order valence-corrected chi connectivity index (χ1v) is 42.5. The van der Waals surface area contributed by atoms with E-state index in [9.17, 15) is 21.6 Å². The van der Waals surface area contributed by atoms with E-state index >= 15 is 0 Å². The molecular weight excluding hydrogens is 1550 g/mol. The van der Waals surface area contributed by atoms with Crippen molar-refractivity contribution < 1.29 is 35.8 Å². The highest BCUT2D eigenvalue weighted by Gasteiger charge is 2.41. The number of nitrogens with zero attached hydrogens (tertiary/aromatic N) is 16. The van der Waals surface area contributed by atoms with Gasteiger partial charge in [-0.2, -0.15) is 19.3 Å². The van der Waals surface area contributed by atoms with Gasteiger partial charge in [-0.15, -0.1) is 0 Å². The number of hydrogen-bond donors (Lipinski definition) is 3. The van der Waals surface area contributed by atoms with Crippen LogP contribution in [0, 0.1) is 43.4 Å². The number of imidazole rings is 3. The number of allylic oxidation sites excluding steroid dienone is 3. The largest absolute Gasteiger partial charge is 0.497 e. The minimum absolute atomic E-state index is 0.0402. The second-order valence-corrected chi connectivity index (χ2v) is 34.9. The summed E-state index contributed by atoms with van der Waals surface area (Å²) in [6, 6.07) is 41.3. The third-order valence-corrected chi connectivity index (χ3v) is 24.9. The van der Waals surface area contributed by atoms with Gasteiger partial charge in [0.05, 0.1) is 47.0 Å². The van der Waals surface area contributed by atoms with Gasteiger partial charge in [-0.1, -0.05) is 81.4 Å². The monoisotopic (exact) mass is 1640 g/mol. The zero-order chi connectivity index (χ0) is 84.5. The molecule has 3 saturated heterocycles. The lowest BCUT2D eigenvalue weighted by Gasteiger charge is -2.39. The molecule has 4 aromatic carbocycles. The van der Waals surface area contributed by atoms with Gasteiger partial charge >= 0.3 is 6.61 Å². The number of piperidine rings is 3. The summed E-state index contributed by atoms with van der Waals surface area (Å²) in [5, 5.41) is 18.1. The normalized spacial score (nSPS) is 16.4. The number of hydrogen-bond acceptors (Lipinski definition) is 21. The molecule has 0 spiro atoms. The van der Waals surface area contributed by atoms with Crippen LogP contribution in [0.2, 0.25) is 0 Å². The van der Waals surface area contributed by atoms with E-state index < -0.39 is 22.8 Å². The summed E-state index contributed by atoms with van der Waals surface area (Å²) in [5.74, 6) is 7.25. The van der Waals surface area contributed by atoms with E-state index in [-0.39, 0.29) is 27.7 Å². The van der Waals surface area contributed by atoms with Crippen LogP contribution in [-0.2, 0) is 51.1 Å². The predicted molar refractivity (Wildman–Crippen MR) is 461 cm³/mol. The number of sulfone groups is 1. The van der Waals surface area contributed by atoms with E-state index in [1.807, 2.05) is 86.6 Å². The fraction of sp³-hybridized carbons (Fsp3) is 0.323. The molecule has 18 rings (SSSR count). The van der Waals surface area contributed by atoms with Gasteiger partial charge in [-0.3, -0.25) is 0 Å². The number of halogens is 3. The Morgan fingerprint density at radius 2 is 0.835 bits per heavy atom. The average molecular weight is 1640 g/mol. The molecule has 0 bridgehead atoms. The Kier molecular flexibility index (Phi) is 22.8. The number of methoxy groups -OCH3 is 1. The highest BCUT2D eigenvalue weighted by molar-refractivity contribution is 7.89. The number of anilines is 3. The molecule has 0 saturated carbocycles. The van der Waals surface area contributed by atoms with E-state index in [1.165, 1.54) is 19.2 Å². The number of alkyl halides is 3. The summed E-state index contributed by atoms with van der Waals surface area (Å²) in [5.41, 5.74) is 22.3. The molecule has 6 aliphatic rings. The summed E-state index contributed by atoms with van der Waals surface area (Å²) < 4.78 is 77.1. The molecule has 11 heterocycles. The Balaban J connectivity index is 0.000000135. The van der Waals surface area contributed by atoms with Gasteiger partial charge in [0.25, 0.3) is 0 Å². The molecule has 12 aromatic rings. The molecule has 3 fully saturated rings. The molecule has 616 valence electrons. The molecule has 3 aliphatic heterocycles. The molecular formula is C93H92F3N19O5S. The number of nitrogens with one attached hydrogen (secondary N) is 3. The number of pyridine rings is 2. The van der Waals surface area contributed by atoms with Crippen LogP contribution < -0.4 is 28.9 Å². The Morgan fingerprint density at radius 3 is 1.20 bits per heavy atom. The Morgan fingerprint density at radius 1 is 0.463 bits per heavy atom. The Labute approximate surface area is 700 Å². The standard InChI is InChI=1S/C33H36FN5O3S.C30H27F2N7O.C30H29N7O/c1-21-30(25-9-11-27(12-10-25)42-22(2)34)38-32(37-21)33(3)13-15-39(16-14-33)31-28-17-26(18-29(28)35-20-36-31)24-7-5-23(6-8-24)19-43(4,40)41;1-18-26(19-4-3-5-23(12-19)40-29(31)32)38-28(37-18)30(2)8-10-39(11-9-30)27-24-13-21(14-25(24)35-17-36-27)20-6-7-22(15-33)34-16-20;1-19-27(20-5-4-6-24(13-20)38-3)36-29(35-19)30(2)9-11-37(12-10-30)28-25-14-22(15-26(25)33-18-34-28)21-7-8-23(16-31)32-17-21/h5-12,17,20,22H,13-16,18-19H2,1-4H3,(H,37,38);3-7,12-13,16-17,29H,8-11,14H2,1-2H3,(H,37,38);4-8,13-14,17-18H,9-12,15H2,1-3H3,(H,35,36). The fourth-order valence-corrected chi connectivity index (χ4v) is 17.8. The third kappa shape index (κ3) is 17.6. The van der Waals surface area contributed by atoms with Crippen LogP contribution in [0.5, 0.6) is 17.2 Å². The number of fused-ring (bicyclic) bond motifs is 3. The first-order valence-electron chi connectivity index (χ1n) is 40.5. The highest BCUT2D eigenvalue weighted by atomic mass is 32.2. The maximum atomic E-state index is 13.2. The number of ether oxygens (including phenoxy) is 3. The molecule has 28 heteroatoms. The molecule has 24 nitrogen and oxygen atoms in total. The predicted octanol–water partition coefficient (Wildman–Crippen LogP) is 16.9. The van der Waals surface area contributed by atoms with Crippen molar-refractivity contribution in [3.63, 3.8) is 0 Å². The van der Waals surface area contributed by atoms with E-state index in [4.69, 9.17) is 44.9 Å². The van der Waals surface area contributed by atoms with Crippen LogP contribution in [0.1, 0.15) is 168 Å². The lowest BCUT2D eigenvalue weighted by Crippen LogP contribution is -2.42.